The van der Waals surface area contributed by atoms with Gasteiger partial charge in [0.25, 0.3) is 6.29 Å². The largest absolute Gasteiger partial charge is 0.453 e. The van der Waals surface area contributed by atoms with Crippen LogP contribution in [0.4, 0.5) is 0 Å². The number of hydrogen-bond donors (Lipinski definition) is 0. The Morgan fingerprint density at radius 2 is 1.94 bits per heavy atom. The van der Waals surface area contributed by atoms with Crippen LogP contribution in [-0.4, -0.2) is 23.6 Å². The summed E-state index contributed by atoms with van der Waals surface area (Å²) >= 11 is 0. The Labute approximate surface area is 100 Å². The van der Waals surface area contributed by atoms with Crippen LogP contribution in [0, 0.1) is 33.1 Å². The minimum Gasteiger partial charge on any atom is -0.453 e. The van der Waals surface area contributed by atoms with Crippen molar-refractivity contribution in [1.82, 2.24) is 0 Å². The van der Waals surface area contributed by atoms with Gasteiger partial charge < -0.3 is 9.47 Å². The molecular weight excluding hydrogens is 216 g/mol. The smallest absolute Gasteiger partial charge is 0.264 e. The first-order valence-corrected chi connectivity index (χ1v) is 5.49. The van der Waals surface area contributed by atoms with Gasteiger partial charge in [-0.05, 0) is 43.4 Å². The molecular formula is C13H15O2Si. The van der Waals surface area contributed by atoms with Crippen LogP contribution in [0.5, 0.6) is 5.75 Å². The molecule has 0 saturated carbocycles. The molecule has 0 fully saturated rings. The number of hydrogen-bond acceptors (Lipinski definition) is 2. The van der Waals surface area contributed by atoms with Crippen LogP contribution in [0.15, 0.2) is 6.07 Å². The molecule has 1 atom stereocenters. The second kappa shape index (κ2) is 5.20. The lowest BCUT2D eigenvalue weighted by atomic mass is 10.1. The second-order valence-electron chi connectivity index (χ2n) is 3.67. The Bertz CT molecular complexity index is 433. The van der Waals surface area contributed by atoms with Gasteiger partial charge in [-0.15, -0.1) is 6.42 Å². The van der Waals surface area contributed by atoms with E-state index in [-0.39, 0.29) is 0 Å². The van der Waals surface area contributed by atoms with Crippen molar-refractivity contribution < 1.29 is 9.47 Å². The molecule has 0 aliphatic heterocycles. The molecule has 0 aliphatic carbocycles. The standard InChI is InChI=1S/C13H15O2Si/c1-6-12(14-5)15-13-8(2)7-11(16)9(3)10(13)4/h1,7,12H,2-5H3. The van der Waals surface area contributed by atoms with Crippen LogP contribution in [0.25, 0.3) is 0 Å². The molecule has 3 heteroatoms. The summed E-state index contributed by atoms with van der Waals surface area (Å²) in [6.07, 6.45) is 4.65. The third kappa shape index (κ3) is 2.46. The van der Waals surface area contributed by atoms with E-state index in [2.05, 4.69) is 16.2 Å². The zero-order valence-electron chi connectivity index (χ0n) is 10.0. The first-order valence-electron chi connectivity index (χ1n) is 4.99. The maximum Gasteiger partial charge on any atom is 0.264 e. The van der Waals surface area contributed by atoms with Crippen molar-refractivity contribution >= 4 is 15.4 Å². The Morgan fingerprint density at radius 3 is 2.44 bits per heavy atom. The number of benzene rings is 1. The van der Waals surface area contributed by atoms with Crippen molar-refractivity contribution in [2.45, 2.75) is 27.1 Å². The molecule has 1 aromatic carbocycles. The van der Waals surface area contributed by atoms with Crippen LogP contribution in [0.2, 0.25) is 0 Å². The molecule has 0 aliphatic rings. The van der Waals surface area contributed by atoms with Crippen molar-refractivity contribution in [1.29, 1.82) is 0 Å². The number of methoxy groups -OCH3 is 1. The molecule has 0 amide bonds. The highest BCUT2D eigenvalue weighted by molar-refractivity contribution is 6.33. The molecule has 0 heterocycles. The fourth-order valence-electron chi connectivity index (χ4n) is 1.50. The fraction of sp³-hybridized carbons (Fsp3) is 0.385. The summed E-state index contributed by atoms with van der Waals surface area (Å²) in [4.78, 5) is 0. The van der Waals surface area contributed by atoms with E-state index in [0.717, 1.165) is 27.6 Å². The summed E-state index contributed by atoms with van der Waals surface area (Å²) in [6.45, 7) is 6.01. The van der Waals surface area contributed by atoms with Gasteiger partial charge in [0.1, 0.15) is 5.75 Å². The van der Waals surface area contributed by atoms with Crippen LogP contribution in [-0.2, 0) is 4.74 Å². The van der Waals surface area contributed by atoms with Crippen molar-refractivity contribution in [2.75, 3.05) is 7.11 Å². The van der Waals surface area contributed by atoms with Crippen molar-refractivity contribution in [3.63, 3.8) is 0 Å². The highest BCUT2D eigenvalue weighted by Gasteiger charge is 2.13. The van der Waals surface area contributed by atoms with Gasteiger partial charge in [-0.1, -0.05) is 11.3 Å². The average Bonchev–Trinajstić information content (AvgIpc) is 2.27. The molecule has 0 aromatic heterocycles. The minimum absolute atomic E-state index is 0.641. The van der Waals surface area contributed by atoms with E-state index >= 15 is 0 Å². The molecule has 1 aromatic rings. The van der Waals surface area contributed by atoms with Crippen LogP contribution < -0.4 is 9.92 Å². The van der Waals surface area contributed by atoms with Crippen LogP contribution in [0.1, 0.15) is 16.7 Å². The summed E-state index contributed by atoms with van der Waals surface area (Å²) in [5.74, 6) is 3.23. The lowest BCUT2D eigenvalue weighted by Gasteiger charge is -2.18. The molecule has 83 valence electrons. The molecule has 0 bridgehead atoms. The second-order valence-corrected chi connectivity index (χ2v) is 4.21. The molecule has 0 saturated heterocycles. The summed E-state index contributed by atoms with van der Waals surface area (Å²) < 4.78 is 10.6. The van der Waals surface area contributed by atoms with Crippen molar-refractivity contribution in [2.24, 2.45) is 0 Å². The van der Waals surface area contributed by atoms with Gasteiger partial charge in [0, 0.05) is 7.11 Å². The van der Waals surface area contributed by atoms with Crippen LogP contribution in [0.3, 0.4) is 0 Å². The normalized spacial score (nSPS) is 12.0. The maximum absolute atomic E-state index is 5.63. The maximum atomic E-state index is 5.63. The van der Waals surface area contributed by atoms with Gasteiger partial charge in [-0.3, -0.25) is 0 Å². The average molecular weight is 231 g/mol. The Hall–Kier alpha value is -1.24. The molecule has 1 unspecified atom stereocenters. The summed E-state index contributed by atoms with van der Waals surface area (Å²) in [5, 5.41) is 1.07. The van der Waals surface area contributed by atoms with Crippen LogP contribution >= 0.6 is 0 Å². The van der Waals surface area contributed by atoms with E-state index in [4.69, 9.17) is 15.9 Å². The molecule has 2 nitrogen and oxygen atoms in total. The van der Waals surface area contributed by atoms with E-state index in [1.54, 1.807) is 0 Å². The number of terminal acetylenes is 1. The Morgan fingerprint density at radius 1 is 1.31 bits per heavy atom. The lowest BCUT2D eigenvalue weighted by molar-refractivity contribution is -0.00889. The highest BCUT2D eigenvalue weighted by atomic mass is 28.1. The number of rotatable bonds is 3. The molecule has 0 spiro atoms. The van der Waals surface area contributed by atoms with Gasteiger partial charge in [-0.2, -0.15) is 0 Å². The first kappa shape index (κ1) is 12.8. The summed E-state index contributed by atoms with van der Waals surface area (Å²) in [7, 11) is 5.08. The minimum atomic E-state index is -0.641. The van der Waals surface area contributed by atoms with Gasteiger partial charge in [0.05, 0.1) is 10.2 Å². The Balaban J connectivity index is 3.15. The van der Waals surface area contributed by atoms with Gasteiger partial charge in [0.15, 0.2) is 0 Å². The summed E-state index contributed by atoms with van der Waals surface area (Å²) in [5.41, 5.74) is 3.25. The quantitative estimate of drug-likeness (QED) is 0.445. The first-order chi connectivity index (χ1) is 7.51. The van der Waals surface area contributed by atoms with E-state index < -0.39 is 6.29 Å². The molecule has 16 heavy (non-hydrogen) atoms. The number of ether oxygens (including phenoxy) is 2. The highest BCUT2D eigenvalue weighted by Crippen LogP contribution is 2.25. The zero-order chi connectivity index (χ0) is 12.3. The van der Waals surface area contributed by atoms with E-state index in [1.165, 1.54) is 7.11 Å². The third-order valence-corrected chi connectivity index (χ3v) is 3.12. The van der Waals surface area contributed by atoms with Gasteiger partial charge in [0.2, 0.25) is 0 Å². The number of aryl methyl sites for hydroxylation is 1. The third-order valence-electron chi connectivity index (χ3n) is 2.60. The fourth-order valence-corrected chi connectivity index (χ4v) is 1.90. The van der Waals surface area contributed by atoms with Gasteiger partial charge >= 0.3 is 0 Å². The SMILES string of the molecule is C#CC(OC)Oc1c(C)cc([Si])c(C)c1C. The molecule has 0 N–H and O–H groups in total. The Kier molecular flexibility index (Phi) is 4.16. The zero-order valence-corrected chi connectivity index (χ0v) is 11.0. The lowest BCUT2D eigenvalue weighted by Crippen LogP contribution is -2.19. The molecule has 1 rings (SSSR count). The van der Waals surface area contributed by atoms with Crippen molar-refractivity contribution in [3.05, 3.63) is 22.8 Å². The summed E-state index contributed by atoms with van der Waals surface area (Å²) in [6, 6.07) is 2.01. The van der Waals surface area contributed by atoms with Gasteiger partial charge in [-0.25, -0.2) is 0 Å². The topological polar surface area (TPSA) is 18.5 Å². The van der Waals surface area contributed by atoms with E-state index in [1.807, 2.05) is 26.8 Å². The monoisotopic (exact) mass is 231 g/mol. The predicted molar refractivity (Wildman–Crippen MR) is 66.3 cm³/mol. The molecule has 3 radical (unpaired) electrons. The van der Waals surface area contributed by atoms with E-state index in [0.29, 0.717) is 0 Å². The van der Waals surface area contributed by atoms with Crippen molar-refractivity contribution in [3.8, 4) is 18.1 Å². The van der Waals surface area contributed by atoms with E-state index in [9.17, 15) is 0 Å². The predicted octanol–water partition coefficient (Wildman–Crippen LogP) is 1.39.